The number of carbonyl (C=O) groups excluding carboxylic acids is 2. The number of nitrogens with one attached hydrogen (secondary N) is 1. The van der Waals surface area contributed by atoms with Crippen molar-refractivity contribution in [1.82, 2.24) is 10.2 Å². The second kappa shape index (κ2) is 13.8. The number of aryl methyl sites for hydroxylation is 1. The van der Waals surface area contributed by atoms with Gasteiger partial charge in [-0.3, -0.25) is 13.9 Å². The molecule has 2 amide bonds. The van der Waals surface area contributed by atoms with Gasteiger partial charge in [0.25, 0.3) is 0 Å². The molecule has 0 saturated carbocycles. The van der Waals surface area contributed by atoms with Gasteiger partial charge in [-0.15, -0.1) is 0 Å². The van der Waals surface area contributed by atoms with Gasteiger partial charge in [0.2, 0.25) is 21.8 Å². The largest absolute Gasteiger partial charge is 0.497 e. The van der Waals surface area contributed by atoms with Gasteiger partial charge >= 0.3 is 0 Å². The van der Waals surface area contributed by atoms with Crippen molar-refractivity contribution in [2.75, 3.05) is 37.9 Å². The first-order valence-electron chi connectivity index (χ1n) is 12.9. The zero-order chi connectivity index (χ0) is 29.3. The summed E-state index contributed by atoms with van der Waals surface area (Å²) in [5, 5.41) is 2.85. The van der Waals surface area contributed by atoms with E-state index < -0.39 is 28.5 Å². The Bertz CT molecular complexity index is 1410. The molecule has 3 rings (SSSR count). The van der Waals surface area contributed by atoms with Gasteiger partial charge in [-0.25, -0.2) is 8.42 Å². The SMILES string of the molecule is CCNC(=O)[C@H](Cc1ccccc1)N(Cc1cccc(C)c1)C(=O)CN(c1ccc(OC)cc1OC)S(C)(=O)=O. The zero-order valence-electron chi connectivity index (χ0n) is 23.6. The Morgan fingerprint density at radius 1 is 0.925 bits per heavy atom. The normalized spacial score (nSPS) is 11.8. The smallest absolute Gasteiger partial charge is 0.244 e. The van der Waals surface area contributed by atoms with Crippen molar-refractivity contribution in [2.24, 2.45) is 0 Å². The number of likely N-dealkylation sites (N-methyl/N-ethyl adjacent to an activating group) is 1. The van der Waals surface area contributed by atoms with Crippen molar-refractivity contribution >= 4 is 27.5 Å². The van der Waals surface area contributed by atoms with Crippen LogP contribution in [0.4, 0.5) is 5.69 Å². The molecule has 0 aliphatic carbocycles. The van der Waals surface area contributed by atoms with Crippen molar-refractivity contribution in [3.63, 3.8) is 0 Å². The van der Waals surface area contributed by atoms with Gasteiger partial charge < -0.3 is 19.7 Å². The minimum absolute atomic E-state index is 0.118. The summed E-state index contributed by atoms with van der Waals surface area (Å²) in [4.78, 5) is 29.0. The molecule has 0 spiro atoms. The van der Waals surface area contributed by atoms with Gasteiger partial charge in [-0.1, -0.05) is 60.2 Å². The number of rotatable bonds is 13. The molecular formula is C30H37N3O6S. The monoisotopic (exact) mass is 567 g/mol. The summed E-state index contributed by atoms with van der Waals surface area (Å²) in [6.07, 6.45) is 1.29. The van der Waals surface area contributed by atoms with Crippen LogP contribution in [0.2, 0.25) is 0 Å². The quantitative estimate of drug-likeness (QED) is 0.339. The average Bonchev–Trinajstić information content (AvgIpc) is 2.93. The molecule has 9 nitrogen and oxygen atoms in total. The summed E-state index contributed by atoms with van der Waals surface area (Å²) in [5.41, 5.74) is 2.89. The first kappa shape index (κ1) is 30.5. The average molecular weight is 568 g/mol. The fraction of sp³-hybridized carbons (Fsp3) is 0.333. The van der Waals surface area contributed by atoms with E-state index in [0.29, 0.717) is 12.3 Å². The highest BCUT2D eigenvalue weighted by atomic mass is 32.2. The van der Waals surface area contributed by atoms with Crippen molar-refractivity contribution in [1.29, 1.82) is 0 Å². The Kier molecular flexibility index (Phi) is 10.6. The second-order valence-electron chi connectivity index (χ2n) is 9.42. The number of amides is 2. The van der Waals surface area contributed by atoms with E-state index in [4.69, 9.17) is 9.47 Å². The lowest BCUT2D eigenvalue weighted by molar-refractivity contribution is -0.140. The highest BCUT2D eigenvalue weighted by molar-refractivity contribution is 7.92. The lowest BCUT2D eigenvalue weighted by Crippen LogP contribution is -2.53. The van der Waals surface area contributed by atoms with Crippen LogP contribution in [0.15, 0.2) is 72.8 Å². The summed E-state index contributed by atoms with van der Waals surface area (Å²) in [6, 6.07) is 20.9. The standard InChI is InChI=1S/C30H37N3O6S/c1-6-31-30(35)27(18-23-12-8-7-9-13-23)32(20-24-14-10-11-22(2)17-24)29(34)21-33(40(5,36)37)26-16-15-25(38-3)19-28(26)39-4/h7-17,19,27H,6,18,20-21H2,1-5H3,(H,31,35)/t27-/m0/s1. The van der Waals surface area contributed by atoms with Crippen LogP contribution in [0.25, 0.3) is 0 Å². The van der Waals surface area contributed by atoms with Gasteiger partial charge in [-0.05, 0) is 37.1 Å². The summed E-state index contributed by atoms with van der Waals surface area (Å²) in [7, 11) is -1.03. The predicted molar refractivity (Wildman–Crippen MR) is 156 cm³/mol. The maximum absolute atomic E-state index is 14.1. The zero-order valence-corrected chi connectivity index (χ0v) is 24.4. The van der Waals surface area contributed by atoms with Crippen LogP contribution < -0.4 is 19.1 Å². The van der Waals surface area contributed by atoms with Crippen LogP contribution in [-0.2, 0) is 32.6 Å². The minimum atomic E-state index is -3.93. The molecular weight excluding hydrogens is 530 g/mol. The fourth-order valence-corrected chi connectivity index (χ4v) is 5.29. The van der Waals surface area contributed by atoms with E-state index in [0.717, 1.165) is 27.3 Å². The predicted octanol–water partition coefficient (Wildman–Crippen LogP) is 3.55. The molecule has 40 heavy (non-hydrogen) atoms. The number of hydrogen-bond acceptors (Lipinski definition) is 6. The minimum Gasteiger partial charge on any atom is -0.497 e. The number of carbonyl (C=O) groups is 2. The van der Waals surface area contributed by atoms with Crippen LogP contribution >= 0.6 is 0 Å². The molecule has 10 heteroatoms. The van der Waals surface area contributed by atoms with Crippen molar-refractivity contribution in [2.45, 2.75) is 32.9 Å². The lowest BCUT2D eigenvalue weighted by atomic mass is 10.0. The number of sulfonamides is 1. The molecule has 0 bridgehead atoms. The lowest BCUT2D eigenvalue weighted by Gasteiger charge is -2.33. The van der Waals surface area contributed by atoms with Crippen LogP contribution in [0.3, 0.4) is 0 Å². The Hall–Kier alpha value is -4.05. The molecule has 0 aliphatic heterocycles. The Balaban J connectivity index is 2.08. The third-order valence-corrected chi connectivity index (χ3v) is 7.52. The van der Waals surface area contributed by atoms with Crippen LogP contribution in [0.5, 0.6) is 11.5 Å². The van der Waals surface area contributed by atoms with Crippen molar-refractivity contribution in [3.8, 4) is 11.5 Å². The number of benzene rings is 3. The molecule has 0 aliphatic rings. The summed E-state index contributed by atoms with van der Waals surface area (Å²) >= 11 is 0. The molecule has 0 radical (unpaired) electrons. The molecule has 0 aromatic heterocycles. The third kappa shape index (κ3) is 7.98. The Morgan fingerprint density at radius 2 is 1.62 bits per heavy atom. The first-order valence-corrected chi connectivity index (χ1v) is 14.8. The topological polar surface area (TPSA) is 105 Å². The van der Waals surface area contributed by atoms with E-state index >= 15 is 0 Å². The maximum Gasteiger partial charge on any atom is 0.244 e. The number of methoxy groups -OCH3 is 2. The first-order chi connectivity index (χ1) is 19.1. The van der Waals surface area contributed by atoms with Gasteiger partial charge in [0.15, 0.2) is 0 Å². The molecule has 0 saturated heterocycles. The molecule has 0 fully saturated rings. The van der Waals surface area contributed by atoms with E-state index in [9.17, 15) is 18.0 Å². The van der Waals surface area contributed by atoms with E-state index in [2.05, 4.69) is 5.32 Å². The summed E-state index contributed by atoms with van der Waals surface area (Å²) < 4.78 is 37.7. The highest BCUT2D eigenvalue weighted by Crippen LogP contribution is 2.33. The number of hydrogen-bond donors (Lipinski definition) is 1. The van der Waals surface area contributed by atoms with Crippen molar-refractivity contribution in [3.05, 3.63) is 89.5 Å². The Morgan fingerprint density at radius 3 is 2.23 bits per heavy atom. The number of anilines is 1. The fourth-order valence-electron chi connectivity index (χ4n) is 4.44. The number of nitrogens with zero attached hydrogens (tertiary/aromatic N) is 2. The molecule has 0 heterocycles. The van der Waals surface area contributed by atoms with Crippen LogP contribution in [-0.4, -0.2) is 64.7 Å². The third-order valence-electron chi connectivity index (χ3n) is 6.39. The molecule has 3 aromatic rings. The Labute approximate surface area is 236 Å². The molecule has 1 N–H and O–H groups in total. The van der Waals surface area contributed by atoms with Crippen LogP contribution in [0.1, 0.15) is 23.6 Å². The molecule has 3 aromatic carbocycles. The molecule has 214 valence electrons. The maximum atomic E-state index is 14.1. The van der Waals surface area contributed by atoms with E-state index in [1.807, 2.05) is 68.4 Å². The second-order valence-corrected chi connectivity index (χ2v) is 11.3. The van der Waals surface area contributed by atoms with E-state index in [1.54, 1.807) is 12.1 Å². The summed E-state index contributed by atoms with van der Waals surface area (Å²) in [5.74, 6) is -0.148. The van der Waals surface area contributed by atoms with Crippen molar-refractivity contribution < 1.29 is 27.5 Å². The highest BCUT2D eigenvalue weighted by Gasteiger charge is 2.33. The summed E-state index contributed by atoms with van der Waals surface area (Å²) in [6.45, 7) is 3.73. The molecule has 1 atom stereocenters. The van der Waals surface area contributed by atoms with Gasteiger partial charge in [-0.2, -0.15) is 0 Å². The molecule has 0 unspecified atom stereocenters. The van der Waals surface area contributed by atoms with Gasteiger partial charge in [0.1, 0.15) is 24.1 Å². The van der Waals surface area contributed by atoms with Gasteiger partial charge in [0, 0.05) is 25.6 Å². The van der Waals surface area contributed by atoms with Crippen LogP contribution in [0, 0.1) is 6.92 Å². The van der Waals surface area contributed by atoms with E-state index in [-0.39, 0.29) is 30.3 Å². The van der Waals surface area contributed by atoms with Gasteiger partial charge in [0.05, 0.1) is 26.2 Å². The van der Waals surface area contributed by atoms with E-state index in [1.165, 1.54) is 25.2 Å². The number of ether oxygens (including phenoxy) is 2.